The Labute approximate surface area is 135 Å². The van der Waals surface area contributed by atoms with Crippen molar-refractivity contribution in [3.63, 3.8) is 0 Å². The lowest BCUT2D eigenvalue weighted by atomic mass is 10.1. The van der Waals surface area contributed by atoms with Gasteiger partial charge >= 0.3 is 0 Å². The molecule has 0 spiro atoms. The predicted octanol–water partition coefficient (Wildman–Crippen LogP) is 4.64. The third-order valence-electron chi connectivity index (χ3n) is 2.78. The van der Waals surface area contributed by atoms with Gasteiger partial charge in [-0.1, -0.05) is 51.3 Å². The van der Waals surface area contributed by atoms with Crippen LogP contribution in [-0.4, -0.2) is 10.9 Å². The van der Waals surface area contributed by atoms with Crippen LogP contribution >= 0.6 is 39.1 Å². The van der Waals surface area contributed by atoms with Crippen LogP contribution in [0.15, 0.2) is 40.9 Å². The average Bonchev–Trinajstić information content (AvgIpc) is 2.39. The van der Waals surface area contributed by atoms with E-state index in [9.17, 15) is 4.79 Å². The number of carbonyl (C=O) groups is 1. The Kier molecular flexibility index (Phi) is 5.02. The van der Waals surface area contributed by atoms with E-state index >= 15 is 0 Å². The molecular formula is C14H11BrCl2N2O. The molecule has 0 fully saturated rings. The van der Waals surface area contributed by atoms with Crippen LogP contribution in [0.4, 0.5) is 0 Å². The van der Waals surface area contributed by atoms with Gasteiger partial charge in [0.05, 0.1) is 11.6 Å². The Morgan fingerprint density at radius 3 is 2.45 bits per heavy atom. The van der Waals surface area contributed by atoms with Gasteiger partial charge in [-0.2, -0.15) is 0 Å². The summed E-state index contributed by atoms with van der Waals surface area (Å²) in [5, 5.41) is 3.22. The molecule has 0 aliphatic heterocycles. The second-order valence-electron chi connectivity index (χ2n) is 4.22. The van der Waals surface area contributed by atoms with E-state index in [-0.39, 0.29) is 22.3 Å². The van der Waals surface area contributed by atoms with Crippen molar-refractivity contribution in [3.8, 4) is 0 Å². The molecule has 0 aliphatic rings. The summed E-state index contributed by atoms with van der Waals surface area (Å²) in [5.41, 5.74) is 1.31. The molecule has 1 N–H and O–H groups in total. The zero-order valence-electron chi connectivity index (χ0n) is 10.5. The number of pyridine rings is 1. The van der Waals surface area contributed by atoms with Crippen molar-refractivity contribution in [2.75, 3.05) is 0 Å². The Hall–Kier alpha value is -1.10. The maximum absolute atomic E-state index is 12.1. The van der Waals surface area contributed by atoms with Gasteiger partial charge in [0.2, 0.25) is 0 Å². The first-order valence-corrected chi connectivity index (χ1v) is 7.40. The predicted molar refractivity (Wildman–Crippen MR) is 84.3 cm³/mol. The number of halogens is 3. The quantitative estimate of drug-likeness (QED) is 0.796. The highest BCUT2D eigenvalue weighted by Gasteiger charge is 2.15. The van der Waals surface area contributed by atoms with Gasteiger partial charge in [-0.05, 0) is 36.8 Å². The molecule has 3 nitrogen and oxygen atoms in total. The molecule has 1 heterocycles. The molecule has 104 valence electrons. The van der Waals surface area contributed by atoms with Gasteiger partial charge in [0.1, 0.15) is 10.3 Å². The van der Waals surface area contributed by atoms with E-state index in [0.717, 1.165) is 10.0 Å². The van der Waals surface area contributed by atoms with E-state index in [0.29, 0.717) is 5.56 Å². The molecule has 0 unspecified atom stereocenters. The van der Waals surface area contributed by atoms with Crippen LogP contribution in [0, 0.1) is 0 Å². The van der Waals surface area contributed by atoms with Gasteiger partial charge in [-0.15, -0.1) is 0 Å². The Morgan fingerprint density at radius 2 is 1.85 bits per heavy atom. The SMILES string of the molecule is C[C@H](NC(=O)c1ccc(Cl)nc1Cl)c1ccc(Br)cc1. The smallest absolute Gasteiger partial charge is 0.254 e. The number of hydrogen-bond acceptors (Lipinski definition) is 2. The summed E-state index contributed by atoms with van der Waals surface area (Å²) in [6.07, 6.45) is 0. The van der Waals surface area contributed by atoms with Gasteiger partial charge in [0.25, 0.3) is 5.91 Å². The van der Waals surface area contributed by atoms with Gasteiger partial charge in [0.15, 0.2) is 0 Å². The molecule has 20 heavy (non-hydrogen) atoms. The van der Waals surface area contributed by atoms with Crippen LogP contribution in [0.3, 0.4) is 0 Å². The van der Waals surface area contributed by atoms with Crippen LogP contribution in [0.5, 0.6) is 0 Å². The number of benzene rings is 1. The number of aromatic nitrogens is 1. The van der Waals surface area contributed by atoms with E-state index < -0.39 is 0 Å². The highest BCUT2D eigenvalue weighted by molar-refractivity contribution is 9.10. The molecule has 2 aromatic rings. The molecular weight excluding hydrogens is 363 g/mol. The summed E-state index contributed by atoms with van der Waals surface area (Å²) in [5.74, 6) is -0.283. The minimum absolute atomic E-state index is 0.0954. The first-order valence-electron chi connectivity index (χ1n) is 5.86. The van der Waals surface area contributed by atoms with Gasteiger partial charge in [-0.25, -0.2) is 4.98 Å². The van der Waals surface area contributed by atoms with Gasteiger partial charge in [0, 0.05) is 4.47 Å². The molecule has 0 saturated heterocycles. The number of rotatable bonds is 3. The van der Waals surface area contributed by atoms with Crippen molar-refractivity contribution >= 4 is 45.0 Å². The largest absolute Gasteiger partial charge is 0.345 e. The van der Waals surface area contributed by atoms with E-state index in [2.05, 4.69) is 26.2 Å². The van der Waals surface area contributed by atoms with Crippen molar-refractivity contribution in [2.45, 2.75) is 13.0 Å². The van der Waals surface area contributed by atoms with Crippen LogP contribution in [0.1, 0.15) is 28.9 Å². The van der Waals surface area contributed by atoms with Crippen molar-refractivity contribution in [2.24, 2.45) is 0 Å². The Bertz CT molecular complexity index is 632. The summed E-state index contributed by atoms with van der Waals surface area (Å²) in [6.45, 7) is 1.90. The zero-order chi connectivity index (χ0) is 14.7. The van der Waals surface area contributed by atoms with Crippen molar-refractivity contribution in [1.29, 1.82) is 0 Å². The van der Waals surface area contributed by atoms with Crippen LogP contribution in [0.2, 0.25) is 10.3 Å². The average molecular weight is 374 g/mol. The summed E-state index contributed by atoms with van der Waals surface area (Å²) in [4.78, 5) is 16.0. The van der Waals surface area contributed by atoms with Crippen LogP contribution in [-0.2, 0) is 0 Å². The minimum Gasteiger partial charge on any atom is -0.345 e. The van der Waals surface area contributed by atoms with Crippen molar-refractivity contribution in [3.05, 3.63) is 62.3 Å². The van der Waals surface area contributed by atoms with Gasteiger partial charge < -0.3 is 5.32 Å². The number of carbonyl (C=O) groups excluding carboxylic acids is 1. The standard InChI is InChI=1S/C14H11BrCl2N2O/c1-8(9-2-4-10(15)5-3-9)18-14(20)11-6-7-12(16)19-13(11)17/h2-8H,1H3,(H,18,20)/t8-/m0/s1. The third-order valence-corrected chi connectivity index (χ3v) is 3.80. The van der Waals surface area contributed by atoms with Crippen LogP contribution in [0.25, 0.3) is 0 Å². The molecule has 0 saturated carbocycles. The van der Waals surface area contributed by atoms with Crippen LogP contribution < -0.4 is 5.32 Å². The lowest BCUT2D eigenvalue weighted by Gasteiger charge is -2.15. The maximum Gasteiger partial charge on any atom is 0.254 e. The van der Waals surface area contributed by atoms with E-state index in [1.165, 1.54) is 6.07 Å². The summed E-state index contributed by atoms with van der Waals surface area (Å²) in [7, 11) is 0. The first-order chi connectivity index (χ1) is 9.47. The lowest BCUT2D eigenvalue weighted by molar-refractivity contribution is 0.0939. The minimum atomic E-state index is -0.283. The molecule has 1 aromatic heterocycles. The summed E-state index contributed by atoms with van der Waals surface area (Å²) >= 11 is 15.0. The van der Waals surface area contributed by atoms with Crippen molar-refractivity contribution in [1.82, 2.24) is 10.3 Å². The topological polar surface area (TPSA) is 42.0 Å². The zero-order valence-corrected chi connectivity index (χ0v) is 13.6. The second kappa shape index (κ2) is 6.57. The first kappa shape index (κ1) is 15.3. The lowest BCUT2D eigenvalue weighted by Crippen LogP contribution is -2.27. The number of nitrogens with one attached hydrogen (secondary N) is 1. The van der Waals surface area contributed by atoms with E-state index in [4.69, 9.17) is 23.2 Å². The second-order valence-corrected chi connectivity index (χ2v) is 5.88. The molecule has 1 amide bonds. The fourth-order valence-corrected chi connectivity index (χ4v) is 2.39. The van der Waals surface area contributed by atoms with E-state index in [1.54, 1.807) is 6.07 Å². The number of hydrogen-bond donors (Lipinski definition) is 1. The van der Waals surface area contributed by atoms with Crippen molar-refractivity contribution < 1.29 is 4.79 Å². The Morgan fingerprint density at radius 1 is 1.20 bits per heavy atom. The molecule has 1 aromatic carbocycles. The molecule has 0 radical (unpaired) electrons. The molecule has 1 atom stereocenters. The molecule has 0 aliphatic carbocycles. The fraction of sp³-hybridized carbons (Fsp3) is 0.143. The van der Waals surface area contributed by atoms with Gasteiger partial charge in [-0.3, -0.25) is 4.79 Å². The van der Waals surface area contributed by atoms with E-state index in [1.807, 2.05) is 31.2 Å². The summed E-state index contributed by atoms with van der Waals surface area (Å²) < 4.78 is 0.990. The normalized spacial score (nSPS) is 12.0. The number of amides is 1. The monoisotopic (exact) mass is 372 g/mol. The highest BCUT2D eigenvalue weighted by atomic mass is 79.9. The maximum atomic E-state index is 12.1. The highest BCUT2D eigenvalue weighted by Crippen LogP contribution is 2.20. The summed E-state index contributed by atoms with van der Waals surface area (Å²) in [6, 6.07) is 10.7. The molecule has 2 rings (SSSR count). The fourth-order valence-electron chi connectivity index (χ4n) is 1.69. The molecule has 6 heteroatoms. The third kappa shape index (κ3) is 3.72. The molecule has 0 bridgehead atoms. The Balaban J connectivity index is 2.13. The number of nitrogens with zero attached hydrogens (tertiary/aromatic N) is 1.